The maximum atomic E-state index is 13.1. The van der Waals surface area contributed by atoms with Gasteiger partial charge in [-0.1, -0.05) is 6.08 Å². The van der Waals surface area contributed by atoms with Crippen molar-refractivity contribution in [2.24, 2.45) is 0 Å². The summed E-state index contributed by atoms with van der Waals surface area (Å²) < 4.78 is 19.3. The van der Waals surface area contributed by atoms with Gasteiger partial charge in [-0.25, -0.2) is 9.18 Å². The number of hydrogen-bond acceptors (Lipinski definition) is 5. The Kier molecular flexibility index (Phi) is 2.71. The molecule has 3 N–H and O–H groups in total. The van der Waals surface area contributed by atoms with E-state index < -0.39 is 29.7 Å². The van der Waals surface area contributed by atoms with Crippen LogP contribution in [0.3, 0.4) is 0 Å². The van der Waals surface area contributed by atoms with Crippen molar-refractivity contribution in [1.82, 2.24) is 9.55 Å². The first-order chi connectivity index (χ1) is 7.61. The number of rotatable bonds is 2. The van der Waals surface area contributed by atoms with Gasteiger partial charge in [0.15, 0.2) is 17.9 Å². The number of nitrogens with two attached hydrogens (primary N) is 1. The zero-order chi connectivity index (χ0) is 11.7. The lowest BCUT2D eigenvalue weighted by Gasteiger charge is -2.14. The highest BCUT2D eigenvalue weighted by Gasteiger charge is 2.21. The van der Waals surface area contributed by atoms with Crippen molar-refractivity contribution < 1.29 is 14.2 Å². The average Bonchev–Trinajstić information content (AvgIpc) is 2.71. The van der Waals surface area contributed by atoms with E-state index in [0.717, 1.165) is 10.8 Å². The Hall–Kier alpha value is -1.73. The molecule has 0 fully saturated rings. The number of halogens is 1. The first kappa shape index (κ1) is 10.8. The Morgan fingerprint density at radius 3 is 3.00 bits per heavy atom. The molecule has 1 aliphatic heterocycles. The molecule has 86 valence electrons. The summed E-state index contributed by atoms with van der Waals surface area (Å²) in [6.07, 6.45) is 2.81. The highest BCUT2D eigenvalue weighted by atomic mass is 19.1. The number of anilines is 1. The Balaban J connectivity index is 2.33. The molecule has 2 atom stereocenters. The van der Waals surface area contributed by atoms with Gasteiger partial charge in [0.05, 0.1) is 12.8 Å². The van der Waals surface area contributed by atoms with Gasteiger partial charge in [-0.3, -0.25) is 4.57 Å². The summed E-state index contributed by atoms with van der Waals surface area (Å²) in [7, 11) is 0. The molecule has 0 bridgehead atoms. The van der Waals surface area contributed by atoms with Crippen LogP contribution in [0, 0.1) is 5.82 Å². The van der Waals surface area contributed by atoms with Crippen LogP contribution in [-0.4, -0.2) is 27.4 Å². The van der Waals surface area contributed by atoms with Crippen LogP contribution in [0.1, 0.15) is 6.23 Å². The van der Waals surface area contributed by atoms with Crippen molar-refractivity contribution in [2.45, 2.75) is 12.3 Å². The minimum Gasteiger partial charge on any atom is -0.393 e. The van der Waals surface area contributed by atoms with Crippen LogP contribution >= 0.6 is 0 Å². The second kappa shape index (κ2) is 4.03. The van der Waals surface area contributed by atoms with Gasteiger partial charge in [0.2, 0.25) is 0 Å². The van der Waals surface area contributed by atoms with E-state index in [-0.39, 0.29) is 6.61 Å². The Morgan fingerprint density at radius 1 is 1.62 bits per heavy atom. The fourth-order valence-corrected chi connectivity index (χ4v) is 1.39. The molecular formula is C9H10FN3O3. The summed E-state index contributed by atoms with van der Waals surface area (Å²) in [5, 5.41) is 8.83. The van der Waals surface area contributed by atoms with Crippen molar-refractivity contribution in [2.75, 3.05) is 12.3 Å². The predicted molar refractivity (Wildman–Crippen MR) is 53.0 cm³/mol. The second-order valence-corrected chi connectivity index (χ2v) is 3.30. The molecule has 2 rings (SSSR count). The summed E-state index contributed by atoms with van der Waals surface area (Å²) in [5.41, 5.74) is 4.44. The van der Waals surface area contributed by atoms with Gasteiger partial charge in [0.1, 0.15) is 6.10 Å². The number of aliphatic hydroxyl groups is 1. The molecule has 16 heavy (non-hydrogen) atoms. The van der Waals surface area contributed by atoms with Gasteiger partial charge in [-0.15, -0.1) is 0 Å². The molecule has 2 heterocycles. The van der Waals surface area contributed by atoms with E-state index in [1.54, 1.807) is 12.2 Å². The molecule has 0 saturated carbocycles. The molecule has 0 spiro atoms. The van der Waals surface area contributed by atoms with Crippen molar-refractivity contribution in [3.8, 4) is 0 Å². The van der Waals surface area contributed by atoms with Crippen molar-refractivity contribution in [3.63, 3.8) is 0 Å². The van der Waals surface area contributed by atoms with Crippen molar-refractivity contribution in [3.05, 3.63) is 34.7 Å². The summed E-state index contributed by atoms with van der Waals surface area (Å²) >= 11 is 0. The van der Waals surface area contributed by atoms with Crippen LogP contribution < -0.4 is 11.4 Å². The monoisotopic (exact) mass is 227 g/mol. The van der Waals surface area contributed by atoms with Gasteiger partial charge in [-0.05, 0) is 6.08 Å². The topological polar surface area (TPSA) is 90.4 Å². The molecule has 1 aromatic rings. The summed E-state index contributed by atoms with van der Waals surface area (Å²) in [6, 6.07) is 0. The molecule has 6 nitrogen and oxygen atoms in total. The van der Waals surface area contributed by atoms with E-state index >= 15 is 0 Å². The number of aliphatic hydroxyl groups excluding tert-OH is 1. The third kappa shape index (κ3) is 1.82. The van der Waals surface area contributed by atoms with E-state index in [1.165, 1.54) is 0 Å². The van der Waals surface area contributed by atoms with E-state index in [1.807, 2.05) is 0 Å². The fraction of sp³-hybridized carbons (Fsp3) is 0.333. The SMILES string of the molecule is Nc1nc(=O)n(C2C=CC(CO)O2)cc1F. The van der Waals surface area contributed by atoms with Gasteiger partial charge in [-0.2, -0.15) is 4.98 Å². The molecule has 0 aromatic carbocycles. The van der Waals surface area contributed by atoms with E-state index in [0.29, 0.717) is 0 Å². The first-order valence-corrected chi connectivity index (χ1v) is 4.60. The number of hydrogen-bond donors (Lipinski definition) is 2. The minimum atomic E-state index is -0.788. The highest BCUT2D eigenvalue weighted by Crippen LogP contribution is 2.19. The fourth-order valence-electron chi connectivity index (χ4n) is 1.39. The maximum Gasteiger partial charge on any atom is 0.352 e. The van der Waals surface area contributed by atoms with Crippen LogP contribution in [-0.2, 0) is 4.74 Å². The smallest absolute Gasteiger partial charge is 0.352 e. The molecule has 0 aliphatic carbocycles. The second-order valence-electron chi connectivity index (χ2n) is 3.30. The standard InChI is InChI=1S/C9H10FN3O3/c10-6-3-13(9(15)12-8(6)11)7-2-1-5(4-14)16-7/h1-3,5,7,14H,4H2,(H2,11,12,15). The Morgan fingerprint density at radius 2 is 2.38 bits per heavy atom. The molecule has 0 saturated heterocycles. The Labute approximate surface area is 89.8 Å². The summed E-state index contributed by atoms with van der Waals surface area (Å²) in [4.78, 5) is 14.7. The van der Waals surface area contributed by atoms with Gasteiger partial charge in [0, 0.05) is 0 Å². The molecule has 1 aliphatic rings. The summed E-state index contributed by atoms with van der Waals surface area (Å²) in [5.74, 6) is -1.23. The zero-order valence-corrected chi connectivity index (χ0v) is 8.21. The molecule has 1 aromatic heterocycles. The average molecular weight is 227 g/mol. The van der Waals surface area contributed by atoms with Crippen molar-refractivity contribution in [1.29, 1.82) is 0 Å². The largest absolute Gasteiger partial charge is 0.393 e. The van der Waals surface area contributed by atoms with E-state index in [2.05, 4.69) is 4.98 Å². The molecule has 0 amide bonds. The third-order valence-corrected chi connectivity index (χ3v) is 2.19. The van der Waals surface area contributed by atoms with Crippen LogP contribution in [0.4, 0.5) is 10.2 Å². The van der Waals surface area contributed by atoms with Crippen molar-refractivity contribution >= 4 is 5.82 Å². The summed E-state index contributed by atoms with van der Waals surface area (Å²) in [6.45, 7) is -0.202. The molecule has 0 radical (unpaired) electrons. The maximum absolute atomic E-state index is 13.1. The minimum absolute atomic E-state index is 0.202. The molecular weight excluding hydrogens is 217 g/mol. The Bertz CT molecular complexity index is 485. The van der Waals surface area contributed by atoms with Crippen LogP contribution in [0.2, 0.25) is 0 Å². The number of aromatic nitrogens is 2. The molecule has 7 heteroatoms. The first-order valence-electron chi connectivity index (χ1n) is 4.60. The number of nitrogen functional groups attached to an aromatic ring is 1. The zero-order valence-electron chi connectivity index (χ0n) is 8.21. The molecule has 2 unspecified atom stereocenters. The predicted octanol–water partition coefficient (Wildman–Crippen LogP) is -0.590. The van der Waals surface area contributed by atoms with E-state index in [4.69, 9.17) is 15.6 Å². The number of nitrogens with zero attached hydrogens (tertiary/aromatic N) is 2. The lowest BCUT2D eigenvalue weighted by molar-refractivity contribution is -0.0106. The van der Waals surface area contributed by atoms with Crippen LogP contribution in [0.5, 0.6) is 0 Å². The lowest BCUT2D eigenvalue weighted by Crippen LogP contribution is -2.29. The normalized spacial score (nSPS) is 23.9. The highest BCUT2D eigenvalue weighted by molar-refractivity contribution is 5.26. The van der Waals surface area contributed by atoms with Crippen LogP contribution in [0.15, 0.2) is 23.1 Å². The van der Waals surface area contributed by atoms with Gasteiger partial charge < -0.3 is 15.6 Å². The number of ether oxygens (including phenoxy) is 1. The lowest BCUT2D eigenvalue weighted by atomic mass is 10.4. The van der Waals surface area contributed by atoms with E-state index in [9.17, 15) is 9.18 Å². The van der Waals surface area contributed by atoms with Gasteiger partial charge in [0.25, 0.3) is 0 Å². The van der Waals surface area contributed by atoms with Gasteiger partial charge >= 0.3 is 5.69 Å². The van der Waals surface area contributed by atoms with Crippen LogP contribution in [0.25, 0.3) is 0 Å². The quantitative estimate of drug-likeness (QED) is 0.659. The third-order valence-electron chi connectivity index (χ3n) is 2.19.